The third-order valence-electron chi connectivity index (χ3n) is 2.45. The van der Waals surface area contributed by atoms with Gasteiger partial charge in [0.05, 0.1) is 34.5 Å². The van der Waals surface area contributed by atoms with Crippen LogP contribution in [-0.4, -0.2) is 40.0 Å². The number of carbonyl (C=O) groups is 1. The number of aliphatic hydroxyl groups is 2. The molecular weight excluding hydrogens is 309 g/mol. The van der Waals surface area contributed by atoms with Gasteiger partial charge in [0.25, 0.3) is 0 Å². The summed E-state index contributed by atoms with van der Waals surface area (Å²) in [5.41, 5.74) is -1.30. The number of aromatic carboxylic acids is 1. The minimum Gasteiger partial charge on any atom is -0.478 e. The molecule has 4 N–H and O–H groups in total. The van der Waals surface area contributed by atoms with Crippen LogP contribution in [0.3, 0.4) is 0 Å². The Bertz CT molecular complexity index is 463. The Labute approximate surface area is 111 Å². The average Bonchev–Trinajstić information content (AvgIpc) is 2.34. The summed E-state index contributed by atoms with van der Waals surface area (Å²) in [5.74, 6) is -2.04. The largest absolute Gasteiger partial charge is 0.478 e. The van der Waals surface area contributed by atoms with E-state index < -0.39 is 30.5 Å². The summed E-state index contributed by atoms with van der Waals surface area (Å²) in [5, 5.41) is 29.6. The second-order valence-electron chi connectivity index (χ2n) is 4.10. The fourth-order valence-electron chi connectivity index (χ4n) is 1.27. The van der Waals surface area contributed by atoms with Gasteiger partial charge in [-0.3, -0.25) is 0 Å². The van der Waals surface area contributed by atoms with Gasteiger partial charge in [0, 0.05) is 0 Å². The molecule has 1 aromatic rings. The minimum absolute atomic E-state index is 0.00234. The van der Waals surface area contributed by atoms with Crippen molar-refractivity contribution in [2.45, 2.75) is 12.5 Å². The predicted octanol–water partition coefficient (Wildman–Crippen LogP) is 1.44. The van der Waals surface area contributed by atoms with E-state index >= 15 is 0 Å². The number of hydrogen-bond acceptors (Lipinski definition) is 4. The van der Waals surface area contributed by atoms with Crippen molar-refractivity contribution < 1.29 is 24.5 Å². The maximum atomic E-state index is 13.9. The molecule has 0 aliphatic rings. The van der Waals surface area contributed by atoms with Crippen LogP contribution >= 0.6 is 15.9 Å². The lowest BCUT2D eigenvalue weighted by Crippen LogP contribution is -2.42. The molecule has 0 fully saturated rings. The summed E-state index contributed by atoms with van der Waals surface area (Å²) in [6, 6.07) is 2.47. The summed E-state index contributed by atoms with van der Waals surface area (Å²) in [6.07, 6.45) is 0. The van der Waals surface area contributed by atoms with Crippen LogP contribution in [0.25, 0.3) is 0 Å². The molecule has 18 heavy (non-hydrogen) atoms. The molecule has 0 unspecified atom stereocenters. The smallest absolute Gasteiger partial charge is 0.336 e. The van der Waals surface area contributed by atoms with E-state index in [9.17, 15) is 9.18 Å². The standard InChI is InChI=1S/C11H13BrFNO4/c1-11(4-15,5-16)14-7-3-2-6(10(17)18)8(12)9(7)13/h2-3,14-16H,4-5H2,1H3,(H,17,18). The predicted molar refractivity (Wildman–Crippen MR) is 67.3 cm³/mol. The number of anilines is 1. The van der Waals surface area contributed by atoms with Gasteiger partial charge in [0.2, 0.25) is 0 Å². The van der Waals surface area contributed by atoms with Crippen LogP contribution in [-0.2, 0) is 0 Å². The van der Waals surface area contributed by atoms with E-state index in [0.29, 0.717) is 0 Å². The first-order valence-electron chi connectivity index (χ1n) is 5.06. The van der Waals surface area contributed by atoms with Gasteiger partial charge in [-0.2, -0.15) is 0 Å². The van der Waals surface area contributed by atoms with Gasteiger partial charge in [-0.1, -0.05) is 0 Å². The van der Waals surface area contributed by atoms with Crippen LogP contribution in [0.2, 0.25) is 0 Å². The molecule has 0 saturated carbocycles. The highest BCUT2D eigenvalue weighted by Crippen LogP contribution is 2.28. The quantitative estimate of drug-likeness (QED) is 0.659. The Morgan fingerprint density at radius 2 is 2.00 bits per heavy atom. The van der Waals surface area contributed by atoms with Crippen LogP contribution in [0, 0.1) is 5.82 Å². The van der Waals surface area contributed by atoms with E-state index in [1.165, 1.54) is 19.1 Å². The van der Waals surface area contributed by atoms with E-state index in [-0.39, 0.29) is 15.7 Å². The van der Waals surface area contributed by atoms with Crippen molar-refractivity contribution >= 4 is 27.6 Å². The second kappa shape index (κ2) is 5.64. The zero-order valence-electron chi connectivity index (χ0n) is 9.57. The van der Waals surface area contributed by atoms with Gasteiger partial charge < -0.3 is 20.6 Å². The topological polar surface area (TPSA) is 89.8 Å². The molecule has 100 valence electrons. The molecule has 1 aromatic carbocycles. The minimum atomic E-state index is -1.25. The molecule has 7 heteroatoms. The molecule has 0 aromatic heterocycles. The Morgan fingerprint density at radius 3 is 2.44 bits per heavy atom. The summed E-state index contributed by atoms with van der Waals surface area (Å²) >= 11 is 2.86. The lowest BCUT2D eigenvalue weighted by atomic mass is 10.0. The van der Waals surface area contributed by atoms with Crippen molar-refractivity contribution in [1.82, 2.24) is 0 Å². The monoisotopic (exact) mass is 321 g/mol. The Hall–Kier alpha value is -1.18. The van der Waals surface area contributed by atoms with E-state index in [2.05, 4.69) is 21.2 Å². The molecule has 0 atom stereocenters. The zero-order chi connectivity index (χ0) is 13.9. The van der Waals surface area contributed by atoms with E-state index in [0.717, 1.165) is 0 Å². The van der Waals surface area contributed by atoms with Gasteiger partial charge in [-0.05, 0) is 35.0 Å². The lowest BCUT2D eigenvalue weighted by molar-refractivity contribution is 0.0695. The normalized spacial score (nSPS) is 11.4. The number of halogens is 2. The van der Waals surface area contributed by atoms with Gasteiger partial charge in [0.15, 0.2) is 5.82 Å². The number of benzene rings is 1. The first-order chi connectivity index (χ1) is 8.34. The molecular formula is C11H13BrFNO4. The third kappa shape index (κ3) is 2.98. The molecule has 0 amide bonds. The van der Waals surface area contributed by atoms with Crippen molar-refractivity contribution in [3.05, 3.63) is 28.0 Å². The first kappa shape index (κ1) is 14.9. The number of rotatable bonds is 5. The summed E-state index contributed by atoms with van der Waals surface area (Å²) in [4.78, 5) is 10.8. The summed E-state index contributed by atoms with van der Waals surface area (Å²) in [7, 11) is 0. The molecule has 0 heterocycles. The van der Waals surface area contributed by atoms with Gasteiger partial charge in [-0.25, -0.2) is 9.18 Å². The number of nitrogens with one attached hydrogen (secondary N) is 1. The van der Waals surface area contributed by atoms with Crippen LogP contribution in [0.1, 0.15) is 17.3 Å². The third-order valence-corrected chi connectivity index (χ3v) is 3.22. The molecule has 0 radical (unpaired) electrons. The maximum Gasteiger partial charge on any atom is 0.336 e. The van der Waals surface area contributed by atoms with Gasteiger partial charge in [0.1, 0.15) is 0 Å². The van der Waals surface area contributed by atoms with Crippen LogP contribution in [0.5, 0.6) is 0 Å². The maximum absolute atomic E-state index is 13.9. The molecule has 0 spiro atoms. The van der Waals surface area contributed by atoms with Crippen molar-refractivity contribution in [1.29, 1.82) is 0 Å². The number of aliphatic hydroxyl groups excluding tert-OH is 2. The van der Waals surface area contributed by atoms with Crippen molar-refractivity contribution in [2.75, 3.05) is 18.5 Å². The van der Waals surface area contributed by atoms with E-state index in [4.69, 9.17) is 15.3 Å². The molecule has 0 saturated heterocycles. The Morgan fingerprint density at radius 1 is 1.44 bits per heavy atom. The van der Waals surface area contributed by atoms with Crippen LogP contribution in [0.4, 0.5) is 10.1 Å². The highest BCUT2D eigenvalue weighted by Gasteiger charge is 2.25. The Balaban J connectivity index is 3.13. The Kier molecular flexibility index (Phi) is 4.66. The molecule has 0 aliphatic carbocycles. The molecule has 0 bridgehead atoms. The van der Waals surface area contributed by atoms with E-state index in [1.54, 1.807) is 0 Å². The summed E-state index contributed by atoms with van der Waals surface area (Å²) in [6.45, 7) is 0.702. The number of carboxylic acid groups (broad SMARTS) is 1. The fourth-order valence-corrected chi connectivity index (χ4v) is 1.78. The van der Waals surface area contributed by atoms with Crippen molar-refractivity contribution in [3.8, 4) is 0 Å². The van der Waals surface area contributed by atoms with E-state index in [1.807, 2.05) is 0 Å². The van der Waals surface area contributed by atoms with Crippen molar-refractivity contribution in [3.63, 3.8) is 0 Å². The van der Waals surface area contributed by atoms with Crippen LogP contribution < -0.4 is 5.32 Å². The highest BCUT2D eigenvalue weighted by atomic mass is 79.9. The molecule has 5 nitrogen and oxygen atoms in total. The van der Waals surface area contributed by atoms with Gasteiger partial charge in [-0.15, -0.1) is 0 Å². The average molecular weight is 322 g/mol. The zero-order valence-corrected chi connectivity index (χ0v) is 11.2. The molecule has 0 aliphatic heterocycles. The molecule has 1 rings (SSSR count). The summed E-state index contributed by atoms with van der Waals surface area (Å²) < 4.78 is 13.7. The number of carboxylic acids is 1. The lowest BCUT2D eigenvalue weighted by Gasteiger charge is -2.28. The number of hydrogen-bond donors (Lipinski definition) is 4. The second-order valence-corrected chi connectivity index (χ2v) is 4.89. The van der Waals surface area contributed by atoms with Crippen molar-refractivity contribution in [2.24, 2.45) is 0 Å². The fraction of sp³-hybridized carbons (Fsp3) is 0.364. The SMILES string of the molecule is CC(CO)(CO)Nc1ccc(C(=O)O)c(Br)c1F. The first-order valence-corrected chi connectivity index (χ1v) is 5.85. The highest BCUT2D eigenvalue weighted by molar-refractivity contribution is 9.10. The van der Waals surface area contributed by atoms with Crippen LogP contribution in [0.15, 0.2) is 16.6 Å². The van der Waals surface area contributed by atoms with Gasteiger partial charge >= 0.3 is 5.97 Å².